The smallest absolute Gasteiger partial charge is 0.192 e. The Morgan fingerprint density at radius 2 is 1.85 bits per heavy atom. The molecule has 1 saturated heterocycles. The molecule has 0 spiro atoms. The van der Waals surface area contributed by atoms with Crippen molar-refractivity contribution < 1.29 is 14.3 Å². The molecule has 3 N–H and O–H groups in total. The van der Waals surface area contributed by atoms with Crippen molar-refractivity contribution in [2.75, 3.05) is 13.2 Å². The number of epoxide rings is 1. The maximum atomic E-state index is 10.4. The molecule has 4 nitrogen and oxygen atoms in total. The highest BCUT2D eigenvalue weighted by Gasteiger charge is 2.55. The van der Waals surface area contributed by atoms with Crippen molar-refractivity contribution in [1.82, 2.24) is 0 Å². The largest absolute Gasteiger partial charge is 0.414 e. The standard InChI is InChI=1S/C15H33NO3Si/c1-11(2)8-12(16)13(17)15(9-18-15)10-19-20(6,7)14(3,4)5/h11-13,17H,8-10,16H2,1-7H3. The normalized spacial score (nSPS) is 26.7. The van der Waals surface area contributed by atoms with Crippen LogP contribution >= 0.6 is 0 Å². The molecule has 1 fully saturated rings. The van der Waals surface area contributed by atoms with Crippen LogP contribution in [0.3, 0.4) is 0 Å². The molecule has 0 bridgehead atoms. The summed E-state index contributed by atoms with van der Waals surface area (Å²) < 4.78 is 11.7. The third-order valence-electron chi connectivity index (χ3n) is 4.69. The predicted molar refractivity (Wildman–Crippen MR) is 85.3 cm³/mol. The second-order valence-corrected chi connectivity index (χ2v) is 12.9. The molecule has 0 radical (unpaired) electrons. The molecule has 3 unspecified atom stereocenters. The summed E-state index contributed by atoms with van der Waals surface area (Å²) in [6.07, 6.45) is 0.154. The van der Waals surface area contributed by atoms with E-state index in [9.17, 15) is 5.11 Å². The van der Waals surface area contributed by atoms with Crippen molar-refractivity contribution in [3.63, 3.8) is 0 Å². The first kappa shape index (κ1) is 18.1. The Bertz CT molecular complexity index is 322. The predicted octanol–water partition coefficient (Wildman–Crippen LogP) is 2.51. The molecule has 0 aromatic heterocycles. The first-order valence-corrected chi connectivity index (χ1v) is 10.5. The lowest BCUT2D eigenvalue weighted by Crippen LogP contribution is -2.51. The lowest BCUT2D eigenvalue weighted by Gasteiger charge is -2.38. The van der Waals surface area contributed by atoms with Gasteiger partial charge in [0.2, 0.25) is 0 Å². The number of rotatable bonds is 7. The van der Waals surface area contributed by atoms with Crippen molar-refractivity contribution in [2.45, 2.75) is 76.9 Å². The van der Waals surface area contributed by atoms with Gasteiger partial charge in [-0.1, -0.05) is 34.6 Å². The van der Waals surface area contributed by atoms with Gasteiger partial charge in [-0.25, -0.2) is 0 Å². The summed E-state index contributed by atoms with van der Waals surface area (Å²) in [6.45, 7) is 16.3. The maximum absolute atomic E-state index is 10.4. The van der Waals surface area contributed by atoms with Crippen molar-refractivity contribution >= 4 is 8.32 Å². The number of hydrogen-bond donors (Lipinski definition) is 2. The summed E-state index contributed by atoms with van der Waals surface area (Å²) in [4.78, 5) is 0. The zero-order valence-electron chi connectivity index (χ0n) is 14.2. The van der Waals surface area contributed by atoms with E-state index in [-0.39, 0.29) is 11.1 Å². The number of ether oxygens (including phenoxy) is 1. The molecule has 1 aliphatic rings. The molecule has 120 valence electrons. The highest BCUT2D eigenvalue weighted by atomic mass is 28.4. The minimum Gasteiger partial charge on any atom is -0.414 e. The Morgan fingerprint density at radius 3 is 2.20 bits per heavy atom. The molecule has 20 heavy (non-hydrogen) atoms. The molecule has 1 aliphatic heterocycles. The van der Waals surface area contributed by atoms with Crippen LogP contribution in [0.15, 0.2) is 0 Å². The van der Waals surface area contributed by atoms with E-state index in [1.807, 2.05) is 0 Å². The Hall–Kier alpha value is 0.0569. The minimum absolute atomic E-state index is 0.161. The fourth-order valence-electron chi connectivity index (χ4n) is 2.01. The quantitative estimate of drug-likeness (QED) is 0.560. The van der Waals surface area contributed by atoms with E-state index < -0.39 is 20.0 Å². The summed E-state index contributed by atoms with van der Waals surface area (Å²) in [5, 5.41) is 10.6. The number of hydrogen-bond acceptors (Lipinski definition) is 4. The molecular formula is C15H33NO3Si. The van der Waals surface area contributed by atoms with Gasteiger partial charge in [0.15, 0.2) is 8.32 Å². The summed E-state index contributed by atoms with van der Waals surface area (Å²) in [6, 6.07) is -0.250. The van der Waals surface area contributed by atoms with Gasteiger partial charge in [0.05, 0.1) is 13.2 Å². The van der Waals surface area contributed by atoms with Crippen LogP contribution in [-0.4, -0.2) is 44.4 Å². The first-order chi connectivity index (χ1) is 8.91. The van der Waals surface area contributed by atoms with E-state index >= 15 is 0 Å². The average Bonchev–Trinajstić information content (AvgIpc) is 3.04. The number of aliphatic hydroxyl groups is 1. The van der Waals surface area contributed by atoms with Crippen LogP contribution < -0.4 is 5.73 Å². The molecule has 3 atom stereocenters. The van der Waals surface area contributed by atoms with E-state index in [1.54, 1.807) is 0 Å². The van der Waals surface area contributed by atoms with Crippen LogP contribution in [-0.2, 0) is 9.16 Å². The Balaban J connectivity index is 2.59. The lowest BCUT2D eigenvalue weighted by molar-refractivity contribution is 0.0196. The molecule has 0 aromatic carbocycles. The van der Waals surface area contributed by atoms with Gasteiger partial charge in [-0.3, -0.25) is 0 Å². The zero-order chi connectivity index (χ0) is 15.8. The van der Waals surface area contributed by atoms with Crippen molar-refractivity contribution in [3.05, 3.63) is 0 Å². The van der Waals surface area contributed by atoms with Gasteiger partial charge in [-0.15, -0.1) is 0 Å². The summed E-state index contributed by atoms with van der Waals surface area (Å²) in [5.74, 6) is 0.469. The second-order valence-electron chi connectivity index (χ2n) is 8.14. The van der Waals surface area contributed by atoms with Crippen molar-refractivity contribution in [1.29, 1.82) is 0 Å². The summed E-state index contributed by atoms with van der Waals surface area (Å²) in [5.41, 5.74) is 5.53. The zero-order valence-corrected chi connectivity index (χ0v) is 15.2. The Labute approximate surface area is 125 Å². The third kappa shape index (κ3) is 4.27. The molecule has 0 aliphatic carbocycles. The van der Waals surface area contributed by atoms with Gasteiger partial charge in [0, 0.05) is 6.04 Å². The minimum atomic E-state index is -1.82. The third-order valence-corrected chi connectivity index (χ3v) is 9.17. The summed E-state index contributed by atoms with van der Waals surface area (Å²) in [7, 11) is -1.82. The monoisotopic (exact) mass is 303 g/mol. The van der Waals surface area contributed by atoms with Crippen LogP contribution in [0.25, 0.3) is 0 Å². The van der Waals surface area contributed by atoms with Gasteiger partial charge >= 0.3 is 0 Å². The van der Waals surface area contributed by atoms with E-state index in [0.717, 1.165) is 6.42 Å². The van der Waals surface area contributed by atoms with Gasteiger partial charge in [0.25, 0.3) is 0 Å². The van der Waals surface area contributed by atoms with E-state index in [0.29, 0.717) is 19.1 Å². The molecule has 5 heteroatoms. The topological polar surface area (TPSA) is 68.0 Å². The van der Waals surface area contributed by atoms with E-state index in [4.69, 9.17) is 14.9 Å². The molecule has 0 aromatic rings. The van der Waals surface area contributed by atoms with Gasteiger partial charge in [-0.05, 0) is 30.5 Å². The summed E-state index contributed by atoms with van der Waals surface area (Å²) >= 11 is 0. The molecule has 1 heterocycles. The maximum Gasteiger partial charge on any atom is 0.192 e. The highest BCUT2D eigenvalue weighted by Crippen LogP contribution is 2.40. The van der Waals surface area contributed by atoms with Crippen LogP contribution in [0.1, 0.15) is 41.0 Å². The van der Waals surface area contributed by atoms with E-state index in [1.165, 1.54) is 0 Å². The highest BCUT2D eigenvalue weighted by molar-refractivity contribution is 6.74. The SMILES string of the molecule is CC(C)CC(N)C(O)C1(CO[Si](C)(C)C(C)(C)C)CO1. The van der Waals surface area contributed by atoms with Gasteiger partial charge < -0.3 is 20.0 Å². The second kappa shape index (κ2) is 6.05. The van der Waals surface area contributed by atoms with Gasteiger partial charge in [0.1, 0.15) is 11.7 Å². The molecule has 0 saturated carbocycles. The molecule has 0 amide bonds. The molecule has 1 rings (SSSR count). The Morgan fingerprint density at radius 1 is 1.35 bits per heavy atom. The van der Waals surface area contributed by atoms with Crippen LogP contribution in [0.4, 0.5) is 0 Å². The first-order valence-electron chi connectivity index (χ1n) is 7.63. The van der Waals surface area contributed by atoms with E-state index in [2.05, 4.69) is 47.7 Å². The lowest BCUT2D eigenvalue weighted by atomic mass is 9.92. The number of aliphatic hydroxyl groups excluding tert-OH is 1. The average molecular weight is 304 g/mol. The van der Waals surface area contributed by atoms with Crippen molar-refractivity contribution in [2.24, 2.45) is 11.7 Å². The fourth-order valence-corrected chi connectivity index (χ4v) is 3.05. The number of nitrogens with two attached hydrogens (primary N) is 1. The van der Waals surface area contributed by atoms with Crippen LogP contribution in [0.5, 0.6) is 0 Å². The van der Waals surface area contributed by atoms with Crippen LogP contribution in [0, 0.1) is 5.92 Å². The Kier molecular flexibility index (Phi) is 5.47. The van der Waals surface area contributed by atoms with Crippen LogP contribution in [0.2, 0.25) is 18.1 Å². The van der Waals surface area contributed by atoms with Crippen molar-refractivity contribution in [3.8, 4) is 0 Å². The fraction of sp³-hybridized carbons (Fsp3) is 1.00. The van der Waals surface area contributed by atoms with Gasteiger partial charge in [-0.2, -0.15) is 0 Å². The molecular weight excluding hydrogens is 270 g/mol.